The molecule has 4 rings (SSSR count). The first-order chi connectivity index (χ1) is 16.7. The fourth-order valence-electron chi connectivity index (χ4n) is 2.97. The number of halogens is 4. The number of aliphatic imine (C=N–C) groups is 1. The van der Waals surface area contributed by atoms with Crippen LogP contribution in [0.1, 0.15) is 16.7 Å². The number of rotatable bonds is 6. The molecule has 2 heterocycles. The number of aromatic nitrogens is 3. The maximum absolute atomic E-state index is 14.6. The summed E-state index contributed by atoms with van der Waals surface area (Å²) in [6, 6.07) is 7.94. The molecule has 0 unspecified atom stereocenters. The Bertz CT molecular complexity index is 1360. The fourth-order valence-corrected chi connectivity index (χ4v) is 3.82. The van der Waals surface area contributed by atoms with Crippen LogP contribution in [-0.4, -0.2) is 32.4 Å². The van der Waals surface area contributed by atoms with Gasteiger partial charge in [0.25, 0.3) is 5.91 Å². The number of benzene rings is 2. The maximum atomic E-state index is 14.6. The number of nitrogens with one attached hydrogen (secondary N) is 1. The van der Waals surface area contributed by atoms with Gasteiger partial charge in [-0.25, -0.2) is 9.37 Å². The van der Waals surface area contributed by atoms with Crippen LogP contribution in [0.2, 0.25) is 0 Å². The predicted molar refractivity (Wildman–Crippen MR) is 119 cm³/mol. The molecule has 0 spiro atoms. The molecule has 0 bridgehead atoms. The van der Waals surface area contributed by atoms with E-state index in [1.54, 1.807) is 17.1 Å². The lowest BCUT2D eigenvalue weighted by Gasteiger charge is -2.14. The van der Waals surface area contributed by atoms with Crippen LogP contribution in [0.4, 0.5) is 17.6 Å². The Kier molecular flexibility index (Phi) is 6.83. The zero-order valence-electron chi connectivity index (χ0n) is 17.6. The summed E-state index contributed by atoms with van der Waals surface area (Å²) in [5.41, 5.74) is -1.11. The molecule has 13 heteroatoms. The molecule has 1 aliphatic rings. The van der Waals surface area contributed by atoms with Crippen LogP contribution in [-0.2, 0) is 17.5 Å². The highest BCUT2D eigenvalue weighted by atomic mass is 32.2. The molecule has 0 aliphatic carbocycles. The minimum Gasteiger partial charge on any atom is -0.454 e. The van der Waals surface area contributed by atoms with Gasteiger partial charge in [-0.15, -0.1) is 0 Å². The molecule has 1 fully saturated rings. The molecule has 2 aromatic carbocycles. The first-order valence-corrected chi connectivity index (χ1v) is 10.7. The van der Waals surface area contributed by atoms with Crippen LogP contribution in [0.3, 0.4) is 0 Å². The fraction of sp³-hybridized carbons (Fsp3) is 0.136. The number of alkyl halides is 3. The standard InChI is InChI=1S/C22H14F4N6O2S/c23-16-8-13(9-19-20(33)31-21(35-19)29-5-6-32-12-28-11-30-32)1-4-18(16)34-17-3-2-14(10-27)7-15(17)22(24,25)26/h1-4,7-9,11-12H,5-6H2,(H,29,31,33). The molecular weight excluding hydrogens is 488 g/mol. The Labute approximate surface area is 199 Å². The van der Waals surface area contributed by atoms with E-state index in [0.717, 1.165) is 36.0 Å². The van der Waals surface area contributed by atoms with E-state index in [1.165, 1.54) is 18.5 Å². The highest BCUT2D eigenvalue weighted by molar-refractivity contribution is 8.18. The number of nitriles is 1. The van der Waals surface area contributed by atoms with Gasteiger partial charge in [-0.1, -0.05) is 6.07 Å². The van der Waals surface area contributed by atoms with Crippen molar-refractivity contribution in [2.75, 3.05) is 6.54 Å². The van der Waals surface area contributed by atoms with Crippen molar-refractivity contribution in [3.63, 3.8) is 0 Å². The van der Waals surface area contributed by atoms with E-state index >= 15 is 0 Å². The van der Waals surface area contributed by atoms with Gasteiger partial charge in [0.15, 0.2) is 16.7 Å². The second-order valence-corrected chi connectivity index (χ2v) is 8.05. The van der Waals surface area contributed by atoms with Crippen molar-refractivity contribution in [3.8, 4) is 17.6 Å². The number of carbonyl (C=O) groups excluding carboxylic acids is 1. The molecule has 1 saturated heterocycles. The summed E-state index contributed by atoms with van der Waals surface area (Å²) < 4.78 is 61.4. The minimum absolute atomic E-state index is 0.208. The van der Waals surface area contributed by atoms with Crippen molar-refractivity contribution in [3.05, 3.63) is 76.5 Å². The molecule has 1 aromatic heterocycles. The van der Waals surface area contributed by atoms with Gasteiger partial charge in [0, 0.05) is 0 Å². The lowest BCUT2D eigenvalue weighted by Crippen LogP contribution is -2.20. The summed E-state index contributed by atoms with van der Waals surface area (Å²) in [6.07, 6.45) is -0.436. The molecule has 1 aliphatic heterocycles. The van der Waals surface area contributed by atoms with Crippen LogP contribution < -0.4 is 10.1 Å². The van der Waals surface area contributed by atoms with Crippen molar-refractivity contribution >= 4 is 28.9 Å². The van der Waals surface area contributed by atoms with Gasteiger partial charge in [-0.3, -0.25) is 14.5 Å². The largest absolute Gasteiger partial charge is 0.454 e. The molecule has 35 heavy (non-hydrogen) atoms. The van der Waals surface area contributed by atoms with Crippen molar-refractivity contribution in [2.45, 2.75) is 12.7 Å². The second kappa shape index (κ2) is 9.98. The van der Waals surface area contributed by atoms with E-state index in [9.17, 15) is 22.4 Å². The second-order valence-electron chi connectivity index (χ2n) is 7.02. The third-order valence-electron chi connectivity index (χ3n) is 4.59. The summed E-state index contributed by atoms with van der Waals surface area (Å²) in [4.78, 5) is 20.6. The average Bonchev–Trinajstić information content (AvgIpc) is 3.45. The molecule has 0 atom stereocenters. The van der Waals surface area contributed by atoms with E-state index in [1.807, 2.05) is 0 Å². The number of ether oxygens (including phenoxy) is 1. The molecule has 1 N–H and O–H groups in total. The molecule has 0 radical (unpaired) electrons. The third-order valence-corrected chi connectivity index (χ3v) is 5.54. The van der Waals surface area contributed by atoms with E-state index in [0.29, 0.717) is 29.9 Å². The van der Waals surface area contributed by atoms with E-state index in [2.05, 4.69) is 20.4 Å². The Morgan fingerprint density at radius 1 is 1.23 bits per heavy atom. The number of hydrogen-bond acceptors (Lipinski definition) is 7. The molecule has 0 saturated carbocycles. The SMILES string of the molecule is N#Cc1ccc(Oc2ccc(C=C3SC(=NCCn4cncn4)NC3=O)cc2F)c(C(F)(F)F)c1. The van der Waals surface area contributed by atoms with Crippen molar-refractivity contribution < 1.29 is 27.1 Å². The number of amides is 1. The van der Waals surface area contributed by atoms with Crippen LogP contribution in [0.5, 0.6) is 11.5 Å². The first-order valence-electron chi connectivity index (χ1n) is 9.89. The summed E-state index contributed by atoms with van der Waals surface area (Å²) in [5.74, 6) is -2.43. The van der Waals surface area contributed by atoms with Gasteiger partial charge < -0.3 is 10.1 Å². The molecule has 8 nitrogen and oxygen atoms in total. The zero-order valence-corrected chi connectivity index (χ0v) is 18.4. The van der Waals surface area contributed by atoms with E-state index < -0.39 is 35.0 Å². The number of thioether (sulfide) groups is 1. The first kappa shape index (κ1) is 24.0. The number of amidine groups is 1. The summed E-state index contributed by atoms with van der Waals surface area (Å²) >= 11 is 1.07. The third kappa shape index (κ3) is 5.85. The molecular formula is C22H14F4N6O2S. The highest BCUT2D eigenvalue weighted by Gasteiger charge is 2.35. The Balaban J connectivity index is 1.48. The highest BCUT2D eigenvalue weighted by Crippen LogP contribution is 2.39. The Hall–Kier alpha value is -4.18. The normalized spacial score (nSPS) is 15.9. The quantitative estimate of drug-likeness (QED) is 0.397. The summed E-state index contributed by atoms with van der Waals surface area (Å²) in [5, 5.41) is 15.8. The lowest BCUT2D eigenvalue weighted by molar-refractivity contribution is -0.138. The van der Waals surface area contributed by atoms with Crippen molar-refractivity contribution in [1.29, 1.82) is 5.26 Å². The van der Waals surface area contributed by atoms with Gasteiger partial charge in [0.1, 0.15) is 18.4 Å². The van der Waals surface area contributed by atoms with Crippen molar-refractivity contribution in [2.24, 2.45) is 4.99 Å². The Morgan fingerprint density at radius 3 is 2.71 bits per heavy atom. The molecule has 3 aromatic rings. The minimum atomic E-state index is -4.80. The number of nitrogens with zero attached hydrogens (tertiary/aromatic N) is 5. The van der Waals surface area contributed by atoms with Gasteiger partial charge in [0.05, 0.1) is 35.2 Å². The molecule has 1 amide bonds. The van der Waals surface area contributed by atoms with E-state index in [-0.39, 0.29) is 10.5 Å². The Morgan fingerprint density at radius 2 is 2.03 bits per heavy atom. The van der Waals surface area contributed by atoms with Crippen LogP contribution in [0.15, 0.2) is 59.0 Å². The summed E-state index contributed by atoms with van der Waals surface area (Å²) in [6.45, 7) is 0.829. The number of carbonyl (C=O) groups is 1. The number of hydrogen-bond donors (Lipinski definition) is 1. The predicted octanol–water partition coefficient (Wildman–Crippen LogP) is 4.36. The molecule has 178 valence electrons. The monoisotopic (exact) mass is 502 g/mol. The lowest BCUT2D eigenvalue weighted by atomic mass is 10.1. The maximum Gasteiger partial charge on any atom is 0.420 e. The zero-order chi connectivity index (χ0) is 25.0. The summed E-state index contributed by atoms with van der Waals surface area (Å²) in [7, 11) is 0. The van der Waals surface area contributed by atoms with Crippen LogP contribution in [0, 0.1) is 17.1 Å². The van der Waals surface area contributed by atoms with Crippen molar-refractivity contribution in [1.82, 2.24) is 20.1 Å². The van der Waals surface area contributed by atoms with Crippen LogP contribution in [0.25, 0.3) is 6.08 Å². The van der Waals surface area contributed by atoms with Gasteiger partial charge in [-0.05, 0) is 53.7 Å². The topological polar surface area (TPSA) is 105 Å². The van der Waals surface area contributed by atoms with E-state index in [4.69, 9.17) is 10.00 Å². The van der Waals surface area contributed by atoms with Gasteiger partial charge in [0.2, 0.25) is 0 Å². The van der Waals surface area contributed by atoms with Gasteiger partial charge >= 0.3 is 6.18 Å². The van der Waals surface area contributed by atoms with Crippen LogP contribution >= 0.6 is 11.8 Å². The smallest absolute Gasteiger partial charge is 0.420 e. The average molecular weight is 502 g/mol. The van der Waals surface area contributed by atoms with Gasteiger partial charge in [-0.2, -0.15) is 23.5 Å².